The van der Waals surface area contributed by atoms with Crippen molar-refractivity contribution in [2.45, 2.75) is 63.8 Å². The maximum atomic E-state index is 11.7. The number of ether oxygens (including phenoxy) is 2. The van der Waals surface area contributed by atoms with E-state index in [0.717, 1.165) is 19.4 Å². The summed E-state index contributed by atoms with van der Waals surface area (Å²) in [7, 11) is 0. The van der Waals surface area contributed by atoms with Gasteiger partial charge in [0.15, 0.2) is 0 Å². The van der Waals surface area contributed by atoms with Crippen LogP contribution in [0.1, 0.15) is 46.5 Å². The lowest BCUT2D eigenvalue weighted by molar-refractivity contribution is -0.124. The third kappa shape index (κ3) is 1.94. The Labute approximate surface area is 109 Å². The van der Waals surface area contributed by atoms with Crippen LogP contribution in [0.3, 0.4) is 0 Å². The van der Waals surface area contributed by atoms with Gasteiger partial charge in [-0.15, -0.1) is 0 Å². The molecule has 100 valence electrons. The van der Waals surface area contributed by atoms with Crippen molar-refractivity contribution in [1.82, 2.24) is 0 Å². The van der Waals surface area contributed by atoms with Crippen molar-refractivity contribution in [3.8, 4) is 0 Å². The van der Waals surface area contributed by atoms with Gasteiger partial charge in [0.2, 0.25) is 0 Å². The second-order valence-corrected chi connectivity index (χ2v) is 6.46. The smallest absolute Gasteiger partial charge is 0.133 e. The van der Waals surface area contributed by atoms with Crippen LogP contribution in [0.15, 0.2) is 11.6 Å². The Hall–Kier alpha value is -0.670. The Morgan fingerprint density at radius 3 is 2.83 bits per heavy atom. The maximum Gasteiger partial charge on any atom is 0.133 e. The van der Waals surface area contributed by atoms with Crippen LogP contribution < -0.4 is 0 Å². The van der Waals surface area contributed by atoms with Gasteiger partial charge in [0.1, 0.15) is 5.78 Å². The van der Waals surface area contributed by atoms with Crippen LogP contribution in [0.4, 0.5) is 0 Å². The van der Waals surface area contributed by atoms with Crippen LogP contribution >= 0.6 is 0 Å². The molecule has 0 radical (unpaired) electrons. The minimum absolute atomic E-state index is 0.0254. The predicted molar refractivity (Wildman–Crippen MR) is 68.4 cm³/mol. The molecule has 0 aromatic rings. The molecule has 18 heavy (non-hydrogen) atoms. The van der Waals surface area contributed by atoms with Crippen molar-refractivity contribution in [3.05, 3.63) is 11.6 Å². The van der Waals surface area contributed by atoms with Crippen LogP contribution in [0.2, 0.25) is 0 Å². The summed E-state index contributed by atoms with van der Waals surface area (Å²) in [5.41, 5.74) is 1.16. The molecule has 1 aliphatic carbocycles. The molecule has 0 unspecified atom stereocenters. The van der Waals surface area contributed by atoms with E-state index in [1.54, 1.807) is 0 Å². The fraction of sp³-hybridized carbons (Fsp3) is 0.800. The largest absolute Gasteiger partial charge is 0.369 e. The number of ketones is 1. The number of epoxide rings is 2. The summed E-state index contributed by atoms with van der Waals surface area (Å²) in [6.07, 6.45) is 5.67. The van der Waals surface area contributed by atoms with Crippen molar-refractivity contribution in [3.63, 3.8) is 0 Å². The molecular formula is C15H22O3. The molecule has 1 spiro atoms. The number of hydrogen-bond donors (Lipinski definition) is 0. The number of hydrogen-bond acceptors (Lipinski definition) is 3. The summed E-state index contributed by atoms with van der Waals surface area (Å²) in [5, 5.41) is 0. The molecular weight excluding hydrogens is 228 g/mol. The highest BCUT2D eigenvalue weighted by Crippen LogP contribution is 2.58. The highest BCUT2D eigenvalue weighted by molar-refractivity contribution is 5.80. The molecule has 2 aliphatic heterocycles. The third-order valence-corrected chi connectivity index (χ3v) is 4.82. The summed E-state index contributed by atoms with van der Waals surface area (Å²) < 4.78 is 11.6. The van der Waals surface area contributed by atoms with Gasteiger partial charge in [0, 0.05) is 18.8 Å². The first-order valence-electron chi connectivity index (χ1n) is 6.93. The van der Waals surface area contributed by atoms with Crippen LogP contribution in [0, 0.1) is 5.92 Å². The zero-order chi connectivity index (χ0) is 13.0. The van der Waals surface area contributed by atoms with Crippen LogP contribution in [0.25, 0.3) is 0 Å². The maximum absolute atomic E-state index is 11.7. The van der Waals surface area contributed by atoms with Crippen molar-refractivity contribution < 1.29 is 14.3 Å². The van der Waals surface area contributed by atoms with Crippen molar-refractivity contribution in [2.24, 2.45) is 5.92 Å². The minimum Gasteiger partial charge on any atom is -0.369 e. The minimum atomic E-state index is -0.140. The Kier molecular flexibility index (Phi) is 2.69. The van der Waals surface area contributed by atoms with Crippen molar-refractivity contribution in [1.29, 1.82) is 0 Å². The van der Waals surface area contributed by atoms with Crippen LogP contribution in [-0.4, -0.2) is 29.7 Å². The van der Waals surface area contributed by atoms with E-state index in [2.05, 4.69) is 26.8 Å². The lowest BCUT2D eigenvalue weighted by atomic mass is 9.71. The zero-order valence-electron chi connectivity index (χ0n) is 11.5. The number of carbonyl (C=O) groups excluding carboxylic acids is 1. The van der Waals surface area contributed by atoms with E-state index in [1.165, 1.54) is 5.57 Å². The Balaban J connectivity index is 1.71. The SMILES string of the molecule is CC(C)=CC[C@H]1O[C@@]1(C)[C@H]1CC(=O)CC[C@]12CO2. The summed E-state index contributed by atoms with van der Waals surface area (Å²) >= 11 is 0. The third-order valence-electron chi connectivity index (χ3n) is 4.82. The molecule has 3 fully saturated rings. The van der Waals surface area contributed by atoms with E-state index in [-0.39, 0.29) is 23.2 Å². The summed E-state index contributed by atoms with van der Waals surface area (Å²) in [4.78, 5) is 11.7. The lowest BCUT2D eigenvalue weighted by Crippen LogP contribution is -2.42. The molecule has 2 heterocycles. The van der Waals surface area contributed by atoms with Gasteiger partial charge in [-0.3, -0.25) is 4.79 Å². The quantitative estimate of drug-likeness (QED) is 0.571. The second-order valence-electron chi connectivity index (χ2n) is 6.46. The monoisotopic (exact) mass is 250 g/mol. The molecule has 1 saturated carbocycles. The fourth-order valence-corrected chi connectivity index (χ4v) is 3.41. The molecule has 0 amide bonds. The average Bonchev–Trinajstić information content (AvgIpc) is 3.19. The molecule has 3 rings (SSSR count). The van der Waals surface area contributed by atoms with E-state index >= 15 is 0 Å². The van der Waals surface area contributed by atoms with Gasteiger partial charge in [-0.25, -0.2) is 0 Å². The molecule has 3 heteroatoms. The molecule has 0 N–H and O–H groups in total. The number of allylic oxidation sites excluding steroid dienone is 1. The Bertz CT molecular complexity index is 404. The van der Waals surface area contributed by atoms with Gasteiger partial charge in [-0.05, 0) is 33.6 Å². The molecule has 0 aromatic carbocycles. The molecule has 0 aromatic heterocycles. The lowest BCUT2D eigenvalue weighted by Gasteiger charge is -2.31. The van der Waals surface area contributed by atoms with Crippen molar-refractivity contribution in [2.75, 3.05) is 6.61 Å². The summed E-state index contributed by atoms with van der Waals surface area (Å²) in [6.45, 7) is 7.19. The first-order valence-corrected chi connectivity index (χ1v) is 6.93. The van der Waals surface area contributed by atoms with E-state index in [0.29, 0.717) is 18.6 Å². The van der Waals surface area contributed by atoms with Crippen LogP contribution in [-0.2, 0) is 14.3 Å². The number of carbonyl (C=O) groups is 1. The van der Waals surface area contributed by atoms with Gasteiger partial charge in [0.05, 0.1) is 23.9 Å². The number of Topliss-reactive ketones (excluding diaryl/α,β-unsaturated/α-hetero) is 1. The van der Waals surface area contributed by atoms with Crippen molar-refractivity contribution >= 4 is 5.78 Å². The molecule has 0 bridgehead atoms. The summed E-state index contributed by atoms with van der Waals surface area (Å²) in [6, 6.07) is 0. The van der Waals surface area contributed by atoms with E-state index in [4.69, 9.17) is 9.47 Å². The standard InChI is InChI=1S/C15H22O3/c1-10(2)4-5-13-14(3,18-13)12-8-11(16)6-7-15(12)9-17-15/h4,12-13H,5-9H2,1-3H3/t12-,13-,14+,15+/m1/s1. The molecule has 4 atom stereocenters. The zero-order valence-corrected chi connectivity index (χ0v) is 11.5. The first-order chi connectivity index (χ1) is 8.46. The average molecular weight is 250 g/mol. The van der Waals surface area contributed by atoms with E-state index in [1.807, 2.05) is 0 Å². The highest BCUT2D eigenvalue weighted by Gasteiger charge is 2.68. The van der Waals surface area contributed by atoms with Gasteiger partial charge >= 0.3 is 0 Å². The topological polar surface area (TPSA) is 42.1 Å². The Morgan fingerprint density at radius 1 is 1.50 bits per heavy atom. The van der Waals surface area contributed by atoms with E-state index in [9.17, 15) is 4.79 Å². The molecule has 3 aliphatic rings. The number of rotatable bonds is 3. The summed E-state index contributed by atoms with van der Waals surface area (Å²) in [5.74, 6) is 0.639. The van der Waals surface area contributed by atoms with Gasteiger partial charge < -0.3 is 9.47 Å². The highest BCUT2D eigenvalue weighted by atomic mass is 16.6. The van der Waals surface area contributed by atoms with Gasteiger partial charge in [-0.1, -0.05) is 11.6 Å². The molecule has 3 nitrogen and oxygen atoms in total. The second kappa shape index (κ2) is 3.91. The Morgan fingerprint density at radius 2 is 2.22 bits per heavy atom. The predicted octanol–water partition coefficient (Wildman–Crippen LogP) is 2.64. The first kappa shape index (κ1) is 12.4. The van der Waals surface area contributed by atoms with E-state index < -0.39 is 0 Å². The van der Waals surface area contributed by atoms with Gasteiger partial charge in [-0.2, -0.15) is 0 Å². The molecule has 2 saturated heterocycles. The normalized spacial score (nSPS) is 46.1. The van der Waals surface area contributed by atoms with Crippen LogP contribution in [0.5, 0.6) is 0 Å². The van der Waals surface area contributed by atoms with Gasteiger partial charge in [0.25, 0.3) is 0 Å². The fourth-order valence-electron chi connectivity index (χ4n) is 3.41.